The molecule has 0 spiro atoms. The van der Waals surface area contributed by atoms with Crippen LogP contribution in [0.4, 0.5) is 0 Å². The predicted octanol–water partition coefficient (Wildman–Crippen LogP) is 0.705. The van der Waals surface area contributed by atoms with Gasteiger partial charge in [-0.3, -0.25) is 0 Å². The summed E-state index contributed by atoms with van der Waals surface area (Å²) in [7, 11) is 0. The van der Waals surface area contributed by atoms with Crippen LogP contribution in [0.15, 0.2) is 24.3 Å². The molecular weight excluding hydrogens is 140 g/mol. The molecule has 0 amide bonds. The first-order valence-corrected chi connectivity index (χ1v) is 3.58. The Bertz CT molecular complexity index is 239. The van der Waals surface area contributed by atoms with E-state index in [1.807, 2.05) is 18.2 Å². The van der Waals surface area contributed by atoms with Gasteiger partial charge < -0.3 is 9.84 Å². The zero-order chi connectivity index (χ0) is 7.73. The fraction of sp³-hybridized carbons (Fsp3) is 0.333. The highest BCUT2D eigenvalue weighted by atomic mass is 16.5. The molecule has 2 heteroatoms. The van der Waals surface area contributed by atoms with Gasteiger partial charge in [0.05, 0.1) is 13.2 Å². The Balaban J connectivity index is 2.29. The maximum absolute atomic E-state index is 9.74. The molecule has 0 bridgehead atoms. The van der Waals surface area contributed by atoms with Crippen molar-refractivity contribution < 1.29 is 9.84 Å². The van der Waals surface area contributed by atoms with Crippen LogP contribution in [0.3, 0.4) is 0 Å². The van der Waals surface area contributed by atoms with Crippen LogP contribution in [0.5, 0.6) is 0 Å². The van der Waals surface area contributed by atoms with E-state index in [9.17, 15) is 5.11 Å². The largest absolute Gasteiger partial charge is 0.380 e. The molecule has 1 aliphatic heterocycles. The van der Waals surface area contributed by atoms with Crippen LogP contribution >= 0.6 is 0 Å². The molecule has 0 atom stereocenters. The van der Waals surface area contributed by atoms with Gasteiger partial charge in [-0.05, 0) is 17.7 Å². The molecular formula is C9H9O2. The van der Waals surface area contributed by atoms with Crippen molar-refractivity contribution in [1.29, 1.82) is 0 Å². The number of ether oxygens (including phenoxy) is 1. The first-order valence-electron chi connectivity index (χ1n) is 3.58. The van der Waals surface area contributed by atoms with Crippen molar-refractivity contribution >= 4 is 0 Å². The Morgan fingerprint density at radius 1 is 1.55 bits per heavy atom. The zero-order valence-electron chi connectivity index (χ0n) is 6.08. The van der Waals surface area contributed by atoms with Crippen LogP contribution in [0, 0.1) is 6.07 Å². The fourth-order valence-electron chi connectivity index (χ4n) is 1.14. The lowest BCUT2D eigenvalue weighted by atomic mass is 9.92. The lowest BCUT2D eigenvalue weighted by Gasteiger charge is -2.36. The number of benzene rings is 1. The van der Waals surface area contributed by atoms with Crippen molar-refractivity contribution in [2.24, 2.45) is 0 Å². The first kappa shape index (κ1) is 6.83. The Morgan fingerprint density at radius 3 is 2.82 bits per heavy atom. The molecule has 0 saturated carbocycles. The highest BCUT2D eigenvalue weighted by Crippen LogP contribution is 2.28. The van der Waals surface area contributed by atoms with Crippen LogP contribution in [0.2, 0.25) is 0 Å². The highest BCUT2D eigenvalue weighted by molar-refractivity contribution is 5.23. The Kier molecular flexibility index (Phi) is 1.44. The van der Waals surface area contributed by atoms with Crippen molar-refractivity contribution in [2.45, 2.75) is 5.60 Å². The second-order valence-electron chi connectivity index (χ2n) is 2.82. The average molecular weight is 149 g/mol. The monoisotopic (exact) mass is 149 g/mol. The summed E-state index contributed by atoms with van der Waals surface area (Å²) in [6, 6.07) is 10.3. The molecule has 0 aliphatic carbocycles. The summed E-state index contributed by atoms with van der Waals surface area (Å²) in [5, 5.41) is 9.74. The molecule has 2 nitrogen and oxygen atoms in total. The SMILES string of the molecule is OC1(c2c[c]ccc2)COC1. The first-order chi connectivity index (χ1) is 5.31. The molecule has 1 aromatic rings. The normalized spacial score (nSPS) is 20.8. The molecule has 1 radical (unpaired) electrons. The van der Waals surface area contributed by atoms with Gasteiger partial charge in [0.1, 0.15) is 5.60 Å². The summed E-state index contributed by atoms with van der Waals surface area (Å²) < 4.78 is 4.93. The highest BCUT2D eigenvalue weighted by Gasteiger charge is 2.37. The molecule has 1 aromatic carbocycles. The van der Waals surface area contributed by atoms with Crippen molar-refractivity contribution in [1.82, 2.24) is 0 Å². The van der Waals surface area contributed by atoms with Crippen molar-refractivity contribution in [3.05, 3.63) is 35.9 Å². The molecule has 0 unspecified atom stereocenters. The quantitative estimate of drug-likeness (QED) is 0.637. The van der Waals surface area contributed by atoms with E-state index < -0.39 is 5.60 Å². The van der Waals surface area contributed by atoms with Gasteiger partial charge in [-0.2, -0.15) is 0 Å². The van der Waals surface area contributed by atoms with Gasteiger partial charge in [-0.25, -0.2) is 0 Å². The predicted molar refractivity (Wildman–Crippen MR) is 40.0 cm³/mol. The van der Waals surface area contributed by atoms with Gasteiger partial charge >= 0.3 is 0 Å². The van der Waals surface area contributed by atoms with E-state index in [1.165, 1.54) is 0 Å². The topological polar surface area (TPSA) is 29.5 Å². The summed E-state index contributed by atoms with van der Waals surface area (Å²) >= 11 is 0. The van der Waals surface area contributed by atoms with Gasteiger partial charge in [0.2, 0.25) is 0 Å². The standard InChI is InChI=1S/C9H9O2/c10-9(6-11-7-9)8-4-2-1-3-5-8/h1-2,4-5,10H,6-7H2. The summed E-state index contributed by atoms with van der Waals surface area (Å²) in [4.78, 5) is 0. The molecule has 57 valence electrons. The number of aliphatic hydroxyl groups is 1. The second-order valence-corrected chi connectivity index (χ2v) is 2.82. The number of rotatable bonds is 1. The molecule has 1 aliphatic rings. The van der Waals surface area contributed by atoms with E-state index in [-0.39, 0.29) is 0 Å². The molecule has 0 aromatic heterocycles. The average Bonchev–Trinajstić information content (AvgIpc) is 2.02. The number of hydrogen-bond acceptors (Lipinski definition) is 2. The van der Waals surface area contributed by atoms with Gasteiger partial charge in [0.15, 0.2) is 0 Å². The van der Waals surface area contributed by atoms with Crippen LogP contribution in [-0.2, 0) is 10.3 Å². The third kappa shape index (κ3) is 1.04. The minimum atomic E-state index is -0.738. The molecule has 1 fully saturated rings. The van der Waals surface area contributed by atoms with Crippen LogP contribution in [0.1, 0.15) is 5.56 Å². The van der Waals surface area contributed by atoms with Crippen molar-refractivity contribution in [3.8, 4) is 0 Å². The van der Waals surface area contributed by atoms with Crippen molar-refractivity contribution in [3.63, 3.8) is 0 Å². The third-order valence-electron chi connectivity index (χ3n) is 1.93. The molecule has 11 heavy (non-hydrogen) atoms. The van der Waals surface area contributed by atoms with E-state index in [2.05, 4.69) is 6.07 Å². The number of hydrogen-bond donors (Lipinski definition) is 1. The van der Waals surface area contributed by atoms with Crippen LogP contribution in [0.25, 0.3) is 0 Å². The van der Waals surface area contributed by atoms with Crippen LogP contribution < -0.4 is 0 Å². The van der Waals surface area contributed by atoms with Gasteiger partial charge in [-0.1, -0.05) is 18.2 Å². The second kappa shape index (κ2) is 2.32. The summed E-state index contributed by atoms with van der Waals surface area (Å²) in [6.07, 6.45) is 0. The Morgan fingerprint density at radius 2 is 2.36 bits per heavy atom. The molecule has 2 rings (SSSR count). The van der Waals surface area contributed by atoms with E-state index in [0.717, 1.165) is 5.56 Å². The molecule has 1 heterocycles. The maximum Gasteiger partial charge on any atom is 0.136 e. The molecule has 1 N–H and O–H groups in total. The van der Waals surface area contributed by atoms with Crippen molar-refractivity contribution in [2.75, 3.05) is 13.2 Å². The van der Waals surface area contributed by atoms with E-state index in [0.29, 0.717) is 13.2 Å². The third-order valence-corrected chi connectivity index (χ3v) is 1.93. The summed E-state index contributed by atoms with van der Waals surface area (Å²) in [6.45, 7) is 0.815. The van der Waals surface area contributed by atoms with Gasteiger partial charge in [0, 0.05) is 0 Å². The minimum absolute atomic E-state index is 0.408. The minimum Gasteiger partial charge on any atom is -0.380 e. The summed E-state index contributed by atoms with van der Waals surface area (Å²) in [5.41, 5.74) is 0.156. The van der Waals surface area contributed by atoms with Gasteiger partial charge in [-0.15, -0.1) is 0 Å². The van der Waals surface area contributed by atoms with Gasteiger partial charge in [0.25, 0.3) is 0 Å². The Hall–Kier alpha value is -0.860. The summed E-state index contributed by atoms with van der Waals surface area (Å²) in [5.74, 6) is 0. The van der Waals surface area contributed by atoms with E-state index in [1.54, 1.807) is 6.07 Å². The van der Waals surface area contributed by atoms with E-state index >= 15 is 0 Å². The molecule has 1 saturated heterocycles. The fourth-order valence-corrected chi connectivity index (χ4v) is 1.14. The Labute approximate surface area is 65.4 Å². The smallest absolute Gasteiger partial charge is 0.136 e. The lowest BCUT2D eigenvalue weighted by Crippen LogP contribution is -2.46. The van der Waals surface area contributed by atoms with E-state index in [4.69, 9.17) is 4.74 Å². The van der Waals surface area contributed by atoms with Crippen LogP contribution in [-0.4, -0.2) is 18.3 Å². The zero-order valence-corrected chi connectivity index (χ0v) is 6.08. The maximum atomic E-state index is 9.74. The lowest BCUT2D eigenvalue weighted by molar-refractivity contribution is -0.184.